The lowest BCUT2D eigenvalue weighted by Gasteiger charge is -2.16. The standard InChI is InChI=1S/C12H15N5O/c1-8-14-5-4-9(17-8)10(13-2)11-12(18-3)16-7-6-15-11/h4-7,10,13H,1-3H3. The monoisotopic (exact) mass is 245 g/mol. The van der Waals surface area contributed by atoms with E-state index in [4.69, 9.17) is 4.74 Å². The molecule has 0 fully saturated rings. The van der Waals surface area contributed by atoms with Gasteiger partial charge in [0.1, 0.15) is 11.5 Å². The summed E-state index contributed by atoms with van der Waals surface area (Å²) in [5.74, 6) is 1.21. The summed E-state index contributed by atoms with van der Waals surface area (Å²) in [5.41, 5.74) is 1.55. The van der Waals surface area contributed by atoms with Gasteiger partial charge in [-0.15, -0.1) is 0 Å². The van der Waals surface area contributed by atoms with Gasteiger partial charge in [-0.05, 0) is 20.0 Å². The Labute approximate surface area is 105 Å². The summed E-state index contributed by atoms with van der Waals surface area (Å²) in [7, 11) is 3.42. The molecule has 0 amide bonds. The van der Waals surface area contributed by atoms with E-state index in [1.165, 1.54) is 0 Å². The predicted octanol–water partition coefficient (Wildman–Crippen LogP) is 0.892. The predicted molar refractivity (Wildman–Crippen MR) is 66.3 cm³/mol. The molecule has 6 nitrogen and oxygen atoms in total. The van der Waals surface area contributed by atoms with Gasteiger partial charge < -0.3 is 10.1 Å². The molecular formula is C12H15N5O. The second-order valence-corrected chi connectivity index (χ2v) is 3.70. The Balaban J connectivity index is 2.45. The molecule has 1 N–H and O–H groups in total. The number of methoxy groups -OCH3 is 1. The number of nitrogens with one attached hydrogen (secondary N) is 1. The Morgan fingerprint density at radius 3 is 2.61 bits per heavy atom. The molecule has 0 aliphatic carbocycles. The fourth-order valence-corrected chi connectivity index (χ4v) is 1.75. The van der Waals surface area contributed by atoms with Crippen LogP contribution >= 0.6 is 0 Å². The number of aromatic nitrogens is 4. The minimum absolute atomic E-state index is 0.171. The number of ether oxygens (including phenoxy) is 1. The van der Waals surface area contributed by atoms with Crippen molar-refractivity contribution in [2.75, 3.05) is 14.2 Å². The zero-order chi connectivity index (χ0) is 13.0. The van der Waals surface area contributed by atoms with Crippen LogP contribution in [-0.4, -0.2) is 34.1 Å². The largest absolute Gasteiger partial charge is 0.480 e. The van der Waals surface area contributed by atoms with Gasteiger partial charge in [-0.25, -0.2) is 15.0 Å². The van der Waals surface area contributed by atoms with Gasteiger partial charge >= 0.3 is 0 Å². The zero-order valence-corrected chi connectivity index (χ0v) is 10.6. The molecule has 0 saturated heterocycles. The van der Waals surface area contributed by atoms with Gasteiger partial charge in [0.05, 0.1) is 18.8 Å². The summed E-state index contributed by atoms with van der Waals surface area (Å²) in [6, 6.07) is 1.68. The normalized spacial score (nSPS) is 12.2. The maximum Gasteiger partial charge on any atom is 0.237 e. The highest BCUT2D eigenvalue weighted by Gasteiger charge is 2.20. The smallest absolute Gasteiger partial charge is 0.237 e. The number of nitrogens with zero attached hydrogens (tertiary/aromatic N) is 4. The molecule has 2 heterocycles. The quantitative estimate of drug-likeness (QED) is 0.862. The minimum Gasteiger partial charge on any atom is -0.480 e. The average molecular weight is 245 g/mol. The van der Waals surface area contributed by atoms with Gasteiger partial charge in [0.2, 0.25) is 5.88 Å². The first-order valence-electron chi connectivity index (χ1n) is 5.58. The number of hydrogen-bond acceptors (Lipinski definition) is 6. The maximum atomic E-state index is 5.22. The lowest BCUT2D eigenvalue weighted by atomic mass is 10.1. The second-order valence-electron chi connectivity index (χ2n) is 3.70. The highest BCUT2D eigenvalue weighted by Crippen LogP contribution is 2.24. The number of hydrogen-bond donors (Lipinski definition) is 1. The van der Waals surface area contributed by atoms with Crippen LogP contribution in [0.4, 0.5) is 0 Å². The summed E-state index contributed by atoms with van der Waals surface area (Å²) in [6.07, 6.45) is 4.96. The molecule has 0 aliphatic rings. The minimum atomic E-state index is -0.171. The molecule has 1 atom stereocenters. The Morgan fingerprint density at radius 2 is 1.94 bits per heavy atom. The van der Waals surface area contributed by atoms with Gasteiger partial charge in [-0.3, -0.25) is 4.98 Å². The Hall–Kier alpha value is -2.08. The average Bonchev–Trinajstić information content (AvgIpc) is 2.40. The van der Waals surface area contributed by atoms with E-state index in [1.807, 2.05) is 20.0 Å². The van der Waals surface area contributed by atoms with Crippen molar-refractivity contribution < 1.29 is 4.74 Å². The molecule has 0 bridgehead atoms. The maximum absolute atomic E-state index is 5.22. The third-order valence-corrected chi connectivity index (χ3v) is 2.54. The van der Waals surface area contributed by atoms with Crippen molar-refractivity contribution >= 4 is 0 Å². The fraction of sp³-hybridized carbons (Fsp3) is 0.333. The Morgan fingerprint density at radius 1 is 1.17 bits per heavy atom. The van der Waals surface area contributed by atoms with E-state index in [-0.39, 0.29) is 6.04 Å². The summed E-state index contributed by atoms with van der Waals surface area (Å²) in [4.78, 5) is 16.9. The molecule has 2 aromatic rings. The van der Waals surface area contributed by atoms with Gasteiger partial charge in [0.25, 0.3) is 0 Å². The van der Waals surface area contributed by atoms with Gasteiger partial charge in [-0.1, -0.05) is 0 Å². The first kappa shape index (κ1) is 12.4. The van der Waals surface area contributed by atoms with E-state index in [0.29, 0.717) is 11.6 Å². The van der Waals surface area contributed by atoms with Crippen LogP contribution in [0.2, 0.25) is 0 Å². The van der Waals surface area contributed by atoms with Crippen molar-refractivity contribution in [3.8, 4) is 5.88 Å². The van der Waals surface area contributed by atoms with Crippen molar-refractivity contribution in [1.82, 2.24) is 25.3 Å². The van der Waals surface area contributed by atoms with Gasteiger partial charge in [0.15, 0.2) is 0 Å². The van der Waals surface area contributed by atoms with Crippen LogP contribution in [0.25, 0.3) is 0 Å². The van der Waals surface area contributed by atoms with Crippen LogP contribution in [0.5, 0.6) is 5.88 Å². The van der Waals surface area contributed by atoms with Crippen LogP contribution < -0.4 is 10.1 Å². The molecule has 6 heteroatoms. The Kier molecular flexibility index (Phi) is 3.78. The van der Waals surface area contributed by atoms with E-state index in [9.17, 15) is 0 Å². The van der Waals surface area contributed by atoms with E-state index in [0.717, 1.165) is 11.5 Å². The van der Waals surface area contributed by atoms with Crippen LogP contribution in [-0.2, 0) is 0 Å². The van der Waals surface area contributed by atoms with Crippen molar-refractivity contribution in [1.29, 1.82) is 0 Å². The van der Waals surface area contributed by atoms with E-state index < -0.39 is 0 Å². The summed E-state index contributed by atoms with van der Waals surface area (Å²) in [6.45, 7) is 1.85. The topological polar surface area (TPSA) is 72.8 Å². The second kappa shape index (κ2) is 5.50. The van der Waals surface area contributed by atoms with Crippen molar-refractivity contribution in [3.05, 3.63) is 41.9 Å². The molecule has 0 aliphatic heterocycles. The van der Waals surface area contributed by atoms with E-state index in [1.54, 1.807) is 25.7 Å². The van der Waals surface area contributed by atoms with E-state index in [2.05, 4.69) is 25.3 Å². The van der Waals surface area contributed by atoms with Crippen molar-refractivity contribution in [2.24, 2.45) is 0 Å². The summed E-state index contributed by atoms with van der Waals surface area (Å²) >= 11 is 0. The molecule has 18 heavy (non-hydrogen) atoms. The number of rotatable bonds is 4. The molecule has 0 spiro atoms. The Bertz CT molecular complexity index is 531. The molecule has 0 aromatic carbocycles. The summed E-state index contributed by atoms with van der Waals surface area (Å²) in [5, 5.41) is 3.16. The van der Waals surface area contributed by atoms with Crippen molar-refractivity contribution in [2.45, 2.75) is 13.0 Å². The lowest BCUT2D eigenvalue weighted by molar-refractivity contribution is 0.383. The van der Waals surface area contributed by atoms with Crippen LogP contribution in [0.15, 0.2) is 24.7 Å². The SMILES string of the molecule is CNC(c1ccnc(C)n1)c1nccnc1OC. The number of aryl methyl sites for hydroxylation is 1. The van der Waals surface area contributed by atoms with Crippen LogP contribution in [0.1, 0.15) is 23.3 Å². The van der Waals surface area contributed by atoms with Crippen molar-refractivity contribution in [3.63, 3.8) is 0 Å². The molecule has 1 unspecified atom stereocenters. The lowest BCUT2D eigenvalue weighted by Crippen LogP contribution is -2.21. The van der Waals surface area contributed by atoms with Crippen LogP contribution in [0.3, 0.4) is 0 Å². The molecule has 2 rings (SSSR count). The first-order valence-corrected chi connectivity index (χ1v) is 5.58. The fourth-order valence-electron chi connectivity index (χ4n) is 1.75. The zero-order valence-electron chi connectivity index (χ0n) is 10.6. The summed E-state index contributed by atoms with van der Waals surface area (Å²) < 4.78 is 5.22. The van der Waals surface area contributed by atoms with E-state index >= 15 is 0 Å². The van der Waals surface area contributed by atoms with Gasteiger partial charge in [-0.2, -0.15) is 0 Å². The van der Waals surface area contributed by atoms with Gasteiger partial charge in [0, 0.05) is 18.6 Å². The highest BCUT2D eigenvalue weighted by molar-refractivity contribution is 5.28. The third-order valence-electron chi connectivity index (χ3n) is 2.54. The molecular weight excluding hydrogens is 230 g/mol. The molecule has 0 radical (unpaired) electrons. The molecule has 2 aromatic heterocycles. The molecule has 0 saturated carbocycles. The third kappa shape index (κ3) is 2.43. The first-order chi connectivity index (χ1) is 8.76. The molecule has 94 valence electrons. The highest BCUT2D eigenvalue weighted by atomic mass is 16.5. The van der Waals surface area contributed by atoms with Crippen LogP contribution in [0, 0.1) is 6.92 Å².